The van der Waals surface area contributed by atoms with Crippen LogP contribution in [0, 0.1) is 0 Å². The minimum Gasteiger partial charge on any atom is -0.355 e. The predicted molar refractivity (Wildman–Crippen MR) is 101 cm³/mol. The quantitative estimate of drug-likeness (QED) is 0.641. The van der Waals surface area contributed by atoms with Crippen LogP contribution in [0.25, 0.3) is 10.8 Å². The van der Waals surface area contributed by atoms with E-state index in [9.17, 15) is 4.79 Å². The highest BCUT2D eigenvalue weighted by Crippen LogP contribution is 2.19. The molecule has 2 nitrogen and oxygen atoms in total. The number of amides is 1. The number of thioether (sulfide) groups is 1. The Morgan fingerprint density at radius 3 is 2.83 bits per heavy atom. The SMILES string of the molecule is O=C(Cc1cccc2ccccc12)NCCSCc1ccsc1. The number of carbonyl (C=O) groups is 1. The number of hydrogen-bond acceptors (Lipinski definition) is 3. The van der Waals surface area contributed by atoms with Crippen LogP contribution in [0.5, 0.6) is 0 Å². The molecule has 4 heteroatoms. The fraction of sp³-hybridized carbons (Fsp3) is 0.211. The zero-order chi connectivity index (χ0) is 15.9. The largest absolute Gasteiger partial charge is 0.355 e. The van der Waals surface area contributed by atoms with Crippen LogP contribution in [0.2, 0.25) is 0 Å². The van der Waals surface area contributed by atoms with Gasteiger partial charge in [-0.05, 0) is 38.7 Å². The molecule has 0 aliphatic carbocycles. The van der Waals surface area contributed by atoms with Crippen molar-refractivity contribution in [3.8, 4) is 0 Å². The monoisotopic (exact) mass is 341 g/mol. The van der Waals surface area contributed by atoms with Gasteiger partial charge in [0.25, 0.3) is 0 Å². The summed E-state index contributed by atoms with van der Waals surface area (Å²) in [5.41, 5.74) is 2.45. The predicted octanol–water partition coefficient (Wildman–Crippen LogP) is 4.49. The number of carbonyl (C=O) groups excluding carboxylic acids is 1. The molecule has 0 saturated carbocycles. The van der Waals surface area contributed by atoms with Crippen LogP contribution < -0.4 is 5.32 Å². The zero-order valence-corrected chi connectivity index (χ0v) is 14.5. The summed E-state index contributed by atoms with van der Waals surface area (Å²) in [6.07, 6.45) is 0.441. The fourth-order valence-electron chi connectivity index (χ4n) is 2.51. The molecule has 1 heterocycles. The molecule has 2 aromatic carbocycles. The second-order valence-electron chi connectivity index (χ2n) is 5.35. The normalized spacial score (nSPS) is 10.8. The molecule has 3 aromatic rings. The van der Waals surface area contributed by atoms with Crippen molar-refractivity contribution in [1.82, 2.24) is 5.32 Å². The van der Waals surface area contributed by atoms with Crippen LogP contribution in [0.3, 0.4) is 0 Å². The number of rotatable bonds is 7. The summed E-state index contributed by atoms with van der Waals surface area (Å²) in [4.78, 5) is 12.1. The van der Waals surface area contributed by atoms with Gasteiger partial charge in [0.05, 0.1) is 6.42 Å². The Labute approximate surface area is 144 Å². The lowest BCUT2D eigenvalue weighted by atomic mass is 10.0. The second kappa shape index (κ2) is 8.18. The summed E-state index contributed by atoms with van der Waals surface area (Å²) in [6.45, 7) is 0.721. The first-order valence-corrected chi connectivity index (χ1v) is 9.75. The maximum Gasteiger partial charge on any atom is 0.224 e. The first-order chi connectivity index (χ1) is 11.3. The smallest absolute Gasteiger partial charge is 0.224 e. The van der Waals surface area contributed by atoms with Crippen molar-refractivity contribution in [3.05, 3.63) is 70.4 Å². The summed E-state index contributed by atoms with van der Waals surface area (Å²) in [5.74, 6) is 2.05. The van der Waals surface area contributed by atoms with Crippen LogP contribution >= 0.6 is 23.1 Å². The molecule has 0 aliphatic heterocycles. The van der Waals surface area contributed by atoms with E-state index in [-0.39, 0.29) is 5.91 Å². The zero-order valence-electron chi connectivity index (χ0n) is 12.8. The number of nitrogens with one attached hydrogen (secondary N) is 1. The molecule has 0 unspecified atom stereocenters. The molecule has 118 valence electrons. The molecule has 0 fully saturated rings. The van der Waals surface area contributed by atoms with E-state index in [0.717, 1.165) is 29.0 Å². The minimum atomic E-state index is 0.0949. The third-order valence-corrected chi connectivity index (χ3v) is 5.41. The summed E-state index contributed by atoms with van der Waals surface area (Å²) in [7, 11) is 0. The molecule has 0 atom stereocenters. The molecular formula is C19H19NOS2. The number of benzene rings is 2. The summed E-state index contributed by atoms with van der Waals surface area (Å²) < 4.78 is 0. The maximum atomic E-state index is 12.1. The van der Waals surface area contributed by atoms with Crippen LogP contribution in [0.1, 0.15) is 11.1 Å². The molecule has 3 rings (SSSR count). The van der Waals surface area contributed by atoms with Crippen molar-refractivity contribution in [2.45, 2.75) is 12.2 Å². The van der Waals surface area contributed by atoms with E-state index in [2.05, 4.69) is 40.3 Å². The third kappa shape index (κ3) is 4.60. The van der Waals surface area contributed by atoms with Gasteiger partial charge in [-0.25, -0.2) is 0 Å². The van der Waals surface area contributed by atoms with Crippen LogP contribution in [0.15, 0.2) is 59.3 Å². The van der Waals surface area contributed by atoms with Gasteiger partial charge in [0.2, 0.25) is 5.91 Å². The topological polar surface area (TPSA) is 29.1 Å². The summed E-state index contributed by atoms with van der Waals surface area (Å²) in [6, 6.07) is 16.5. The van der Waals surface area contributed by atoms with Crippen LogP contribution in [-0.2, 0) is 17.0 Å². The van der Waals surface area contributed by atoms with Gasteiger partial charge < -0.3 is 5.32 Å². The van der Waals surface area contributed by atoms with Crippen molar-refractivity contribution in [1.29, 1.82) is 0 Å². The molecule has 1 amide bonds. The van der Waals surface area contributed by atoms with Gasteiger partial charge in [-0.15, -0.1) is 0 Å². The Bertz CT molecular complexity index is 763. The summed E-state index contributed by atoms with van der Waals surface area (Å²) in [5, 5.41) is 9.64. The van der Waals surface area contributed by atoms with Gasteiger partial charge >= 0.3 is 0 Å². The Hall–Kier alpha value is -1.78. The lowest BCUT2D eigenvalue weighted by molar-refractivity contribution is -0.120. The van der Waals surface area contributed by atoms with E-state index < -0.39 is 0 Å². The fourth-order valence-corrected chi connectivity index (χ4v) is 4.09. The molecule has 0 saturated heterocycles. The van der Waals surface area contributed by atoms with Crippen molar-refractivity contribution in [2.75, 3.05) is 12.3 Å². The average molecular weight is 342 g/mol. The van der Waals surface area contributed by atoms with Gasteiger partial charge in [0.15, 0.2) is 0 Å². The van der Waals surface area contributed by atoms with Crippen molar-refractivity contribution < 1.29 is 4.79 Å². The van der Waals surface area contributed by atoms with E-state index in [1.54, 1.807) is 11.3 Å². The molecule has 1 N–H and O–H groups in total. The first-order valence-electron chi connectivity index (χ1n) is 7.65. The number of hydrogen-bond donors (Lipinski definition) is 1. The van der Waals surface area contributed by atoms with Crippen molar-refractivity contribution in [3.63, 3.8) is 0 Å². The molecule has 23 heavy (non-hydrogen) atoms. The lowest BCUT2D eigenvalue weighted by Gasteiger charge is -2.08. The molecule has 1 aromatic heterocycles. The second-order valence-corrected chi connectivity index (χ2v) is 7.23. The maximum absolute atomic E-state index is 12.1. The van der Waals surface area contributed by atoms with E-state index in [0.29, 0.717) is 6.42 Å². The molecule has 0 spiro atoms. The average Bonchev–Trinajstić information content (AvgIpc) is 3.08. The van der Waals surface area contributed by atoms with E-state index in [1.807, 2.05) is 36.0 Å². The van der Waals surface area contributed by atoms with Gasteiger partial charge in [0.1, 0.15) is 0 Å². The molecule has 0 radical (unpaired) electrons. The van der Waals surface area contributed by atoms with Gasteiger partial charge in [-0.3, -0.25) is 4.79 Å². The minimum absolute atomic E-state index is 0.0949. The Balaban J connectivity index is 1.45. The molecule has 0 aliphatic rings. The molecular weight excluding hydrogens is 322 g/mol. The van der Waals surface area contributed by atoms with Crippen LogP contribution in [0.4, 0.5) is 0 Å². The highest BCUT2D eigenvalue weighted by atomic mass is 32.2. The highest BCUT2D eigenvalue weighted by Gasteiger charge is 2.06. The van der Waals surface area contributed by atoms with Gasteiger partial charge in [-0.2, -0.15) is 23.1 Å². The van der Waals surface area contributed by atoms with E-state index >= 15 is 0 Å². The number of thiophene rings is 1. The Morgan fingerprint density at radius 2 is 1.96 bits per heavy atom. The third-order valence-electron chi connectivity index (χ3n) is 3.65. The van der Waals surface area contributed by atoms with E-state index in [4.69, 9.17) is 0 Å². The van der Waals surface area contributed by atoms with Crippen molar-refractivity contribution in [2.24, 2.45) is 0 Å². The van der Waals surface area contributed by atoms with Crippen LogP contribution in [-0.4, -0.2) is 18.2 Å². The van der Waals surface area contributed by atoms with Gasteiger partial charge in [0, 0.05) is 18.1 Å². The number of fused-ring (bicyclic) bond motifs is 1. The lowest BCUT2D eigenvalue weighted by Crippen LogP contribution is -2.27. The summed E-state index contributed by atoms with van der Waals surface area (Å²) >= 11 is 3.58. The molecule has 0 bridgehead atoms. The van der Waals surface area contributed by atoms with E-state index in [1.165, 1.54) is 10.9 Å². The van der Waals surface area contributed by atoms with Crippen molar-refractivity contribution >= 4 is 39.8 Å². The Kier molecular flexibility index (Phi) is 5.72. The van der Waals surface area contributed by atoms with Gasteiger partial charge in [-0.1, -0.05) is 42.5 Å². The first kappa shape index (κ1) is 16.1. The highest BCUT2D eigenvalue weighted by molar-refractivity contribution is 7.98. The Morgan fingerprint density at radius 1 is 1.09 bits per heavy atom. The standard InChI is InChI=1S/C19H19NOS2/c21-19(20-9-11-23-14-15-8-10-22-13-15)12-17-6-3-5-16-4-1-2-7-18(16)17/h1-8,10,13H,9,11-12,14H2,(H,20,21).